The average molecular weight is 420 g/mol. The Balaban J connectivity index is 1.72. The summed E-state index contributed by atoms with van der Waals surface area (Å²) in [6, 6.07) is 11.6. The van der Waals surface area contributed by atoms with E-state index in [0.717, 1.165) is 37.6 Å². The van der Waals surface area contributed by atoms with Crippen LogP contribution in [0.25, 0.3) is 0 Å². The van der Waals surface area contributed by atoms with E-state index in [1.165, 1.54) is 26.2 Å². The molecular weight excluding hydrogens is 394 g/mol. The first-order valence-corrected chi connectivity index (χ1v) is 9.90. The van der Waals surface area contributed by atoms with Gasteiger partial charge in [0, 0.05) is 36.8 Å². The molecule has 1 aliphatic heterocycles. The molecule has 0 aromatic heterocycles. The second-order valence-electron chi connectivity index (χ2n) is 6.32. The third kappa shape index (κ3) is 4.69. The maximum atomic E-state index is 12.3. The highest BCUT2D eigenvalue weighted by Crippen LogP contribution is 2.39. The molecule has 0 aliphatic carbocycles. The minimum atomic E-state index is -0.639. The number of rotatable bonds is 7. The van der Waals surface area contributed by atoms with Gasteiger partial charge in [-0.15, -0.1) is 0 Å². The van der Waals surface area contributed by atoms with Crippen LogP contribution in [0.1, 0.15) is 10.4 Å². The molecule has 0 saturated carbocycles. The number of hydrogen-bond donors (Lipinski definition) is 2. The van der Waals surface area contributed by atoms with Crippen LogP contribution in [0.3, 0.4) is 0 Å². The van der Waals surface area contributed by atoms with Crippen LogP contribution in [-0.4, -0.2) is 62.9 Å². The van der Waals surface area contributed by atoms with Crippen LogP contribution in [0.4, 0.5) is 5.69 Å². The van der Waals surface area contributed by atoms with Gasteiger partial charge in [-0.3, -0.25) is 10.0 Å². The van der Waals surface area contributed by atoms with Crippen molar-refractivity contribution in [2.75, 3.05) is 52.4 Å². The van der Waals surface area contributed by atoms with Gasteiger partial charge in [-0.25, -0.2) is 9.79 Å². The smallest absolute Gasteiger partial charge is 0.279 e. The molecule has 156 valence electrons. The molecule has 2 aromatic rings. The van der Waals surface area contributed by atoms with Gasteiger partial charge in [-0.05, 0) is 48.3 Å². The highest BCUT2D eigenvalue weighted by molar-refractivity contribution is 7.97. The summed E-state index contributed by atoms with van der Waals surface area (Å²) in [7, 11) is 4.63. The van der Waals surface area contributed by atoms with Crippen molar-refractivity contribution in [3.05, 3.63) is 42.0 Å². The monoisotopic (exact) mass is 419 g/mol. The summed E-state index contributed by atoms with van der Waals surface area (Å²) in [4.78, 5) is 15.3. The Morgan fingerprint density at radius 2 is 1.66 bits per heavy atom. The summed E-state index contributed by atoms with van der Waals surface area (Å²) < 4.78 is 18.0. The number of piperazine rings is 1. The summed E-state index contributed by atoms with van der Waals surface area (Å²) in [5, 5.41) is 9.17. The van der Waals surface area contributed by atoms with Gasteiger partial charge in [0.1, 0.15) is 11.3 Å². The number of methoxy groups -OCH3 is 3. The Morgan fingerprint density at radius 3 is 2.21 bits per heavy atom. The third-order valence-corrected chi connectivity index (χ3v) is 5.90. The van der Waals surface area contributed by atoms with Gasteiger partial charge >= 0.3 is 0 Å². The second-order valence-corrected chi connectivity index (χ2v) is 7.46. The summed E-state index contributed by atoms with van der Waals surface area (Å²) >= 11 is 1.47. The predicted octanol–water partition coefficient (Wildman–Crippen LogP) is 2.66. The minimum absolute atomic E-state index is 0.247. The van der Waals surface area contributed by atoms with Crippen LogP contribution in [0.2, 0.25) is 0 Å². The minimum Gasteiger partial charge on any atom is -0.497 e. The van der Waals surface area contributed by atoms with E-state index in [-0.39, 0.29) is 5.56 Å². The van der Waals surface area contributed by atoms with Crippen molar-refractivity contribution in [3.63, 3.8) is 0 Å². The molecule has 29 heavy (non-hydrogen) atoms. The molecule has 1 fully saturated rings. The fourth-order valence-electron chi connectivity index (χ4n) is 3.23. The summed E-state index contributed by atoms with van der Waals surface area (Å²) in [5.74, 6) is 0.923. The topological polar surface area (TPSA) is 83.5 Å². The Kier molecular flexibility index (Phi) is 7.08. The number of carbonyl (C=O) groups excluding carboxylic acids is 1. The van der Waals surface area contributed by atoms with Gasteiger partial charge in [-0.2, -0.15) is 0 Å². The molecule has 2 N–H and O–H groups in total. The van der Waals surface area contributed by atoms with E-state index in [0.29, 0.717) is 16.4 Å². The van der Waals surface area contributed by atoms with Crippen molar-refractivity contribution in [2.24, 2.45) is 0 Å². The quantitative estimate of drug-likeness (QED) is 0.403. The maximum Gasteiger partial charge on any atom is 0.279 e. The highest BCUT2D eigenvalue weighted by atomic mass is 32.2. The maximum absolute atomic E-state index is 12.3. The summed E-state index contributed by atoms with van der Waals surface area (Å²) in [5.41, 5.74) is 3.10. The molecule has 0 radical (unpaired) electrons. The Labute approximate surface area is 174 Å². The van der Waals surface area contributed by atoms with Gasteiger partial charge < -0.3 is 19.1 Å². The predicted molar refractivity (Wildman–Crippen MR) is 111 cm³/mol. The van der Waals surface area contributed by atoms with Crippen LogP contribution in [0, 0.1) is 0 Å². The number of nitrogens with zero attached hydrogens (tertiary/aromatic N) is 2. The van der Waals surface area contributed by atoms with Gasteiger partial charge in [0.2, 0.25) is 0 Å². The Morgan fingerprint density at radius 1 is 0.966 bits per heavy atom. The average Bonchev–Trinajstić information content (AvgIpc) is 2.78. The molecule has 1 heterocycles. The standard InChI is InChI=1S/C20H25N3O5S/c1-26-15-6-4-14(5-7-15)22-10-12-23(13-11-22)29-17-9-8-16(27-2)19(28-3)18(17)20(24)21-25/h4-9,25H,10-13H2,1-3H3,(H,21,24). The van der Waals surface area contributed by atoms with Crippen LogP contribution in [-0.2, 0) is 0 Å². The van der Waals surface area contributed by atoms with Crippen molar-refractivity contribution < 1.29 is 24.2 Å². The van der Waals surface area contributed by atoms with Gasteiger partial charge in [0.15, 0.2) is 11.5 Å². The zero-order chi connectivity index (χ0) is 20.8. The van der Waals surface area contributed by atoms with E-state index in [4.69, 9.17) is 19.4 Å². The fourth-order valence-corrected chi connectivity index (χ4v) is 4.26. The molecule has 1 aliphatic rings. The molecule has 1 saturated heterocycles. The van der Waals surface area contributed by atoms with Gasteiger partial charge in [-0.1, -0.05) is 0 Å². The van der Waals surface area contributed by atoms with E-state index in [1.54, 1.807) is 24.7 Å². The zero-order valence-corrected chi connectivity index (χ0v) is 17.5. The second kappa shape index (κ2) is 9.73. The molecule has 9 heteroatoms. The van der Waals surface area contributed by atoms with Gasteiger partial charge in [0.05, 0.1) is 21.3 Å². The van der Waals surface area contributed by atoms with Crippen LogP contribution < -0.4 is 24.6 Å². The number of benzene rings is 2. The number of hydroxylamine groups is 1. The third-order valence-electron chi connectivity index (χ3n) is 4.74. The van der Waals surface area contributed by atoms with Crippen LogP contribution in [0.5, 0.6) is 17.2 Å². The van der Waals surface area contributed by atoms with Crippen molar-refractivity contribution in [3.8, 4) is 17.2 Å². The lowest BCUT2D eigenvalue weighted by atomic mass is 10.1. The normalized spacial score (nSPS) is 14.4. The molecule has 0 spiro atoms. The van der Waals surface area contributed by atoms with E-state index < -0.39 is 5.91 Å². The first-order valence-electron chi connectivity index (χ1n) is 9.12. The number of hydrogen-bond acceptors (Lipinski definition) is 8. The fraction of sp³-hybridized carbons (Fsp3) is 0.350. The van der Waals surface area contributed by atoms with Crippen molar-refractivity contribution in [1.82, 2.24) is 9.79 Å². The molecule has 0 atom stereocenters. The molecule has 1 amide bonds. The number of amides is 1. The highest BCUT2D eigenvalue weighted by Gasteiger charge is 2.25. The van der Waals surface area contributed by atoms with Gasteiger partial charge in [0.25, 0.3) is 5.91 Å². The number of ether oxygens (including phenoxy) is 3. The van der Waals surface area contributed by atoms with E-state index >= 15 is 0 Å². The summed E-state index contributed by atoms with van der Waals surface area (Å²) in [6.45, 7) is 3.33. The SMILES string of the molecule is COc1ccc(N2CCN(Sc3ccc(OC)c(OC)c3C(=O)NO)CC2)cc1. The number of nitrogens with one attached hydrogen (secondary N) is 1. The molecule has 3 rings (SSSR count). The van der Waals surface area contributed by atoms with E-state index in [2.05, 4.69) is 21.3 Å². The van der Waals surface area contributed by atoms with E-state index in [9.17, 15) is 4.79 Å². The molecule has 0 bridgehead atoms. The molecule has 8 nitrogen and oxygen atoms in total. The zero-order valence-electron chi connectivity index (χ0n) is 16.7. The van der Waals surface area contributed by atoms with Crippen molar-refractivity contribution in [1.29, 1.82) is 0 Å². The Bertz CT molecular complexity index is 839. The van der Waals surface area contributed by atoms with Crippen molar-refractivity contribution in [2.45, 2.75) is 4.90 Å². The molecular formula is C20H25N3O5S. The summed E-state index contributed by atoms with van der Waals surface area (Å²) in [6.07, 6.45) is 0. The molecule has 0 unspecified atom stereocenters. The first kappa shape index (κ1) is 21.1. The lowest BCUT2D eigenvalue weighted by Crippen LogP contribution is -2.43. The number of carbonyl (C=O) groups is 1. The van der Waals surface area contributed by atoms with Crippen molar-refractivity contribution >= 4 is 23.5 Å². The number of anilines is 1. The molecule has 2 aromatic carbocycles. The lowest BCUT2D eigenvalue weighted by Gasteiger charge is -2.35. The Hall–Kier alpha value is -2.62. The van der Waals surface area contributed by atoms with Crippen LogP contribution >= 0.6 is 11.9 Å². The van der Waals surface area contributed by atoms with E-state index in [1.807, 2.05) is 12.1 Å². The van der Waals surface area contributed by atoms with Crippen LogP contribution in [0.15, 0.2) is 41.3 Å². The largest absolute Gasteiger partial charge is 0.497 e. The first-order chi connectivity index (χ1) is 14.1. The lowest BCUT2D eigenvalue weighted by molar-refractivity contribution is 0.0699.